The SMILES string of the molecule is Cc1noc(-c2ccc(N(C)Cc3ccncn3)nc2)n1. The fourth-order valence-corrected chi connectivity index (χ4v) is 1.89. The monoisotopic (exact) mass is 282 g/mol. The van der Waals surface area contributed by atoms with E-state index in [1.54, 1.807) is 19.3 Å². The standard InChI is InChI=1S/C14H14N6O/c1-10-18-14(21-19-10)11-3-4-13(16-7-11)20(2)8-12-5-6-15-9-17-12/h3-7,9H,8H2,1-2H3. The molecule has 3 rings (SSSR count). The lowest BCUT2D eigenvalue weighted by molar-refractivity contribution is 0.425. The first-order chi connectivity index (χ1) is 10.2. The van der Waals surface area contributed by atoms with Crippen LogP contribution in [0.4, 0.5) is 5.82 Å². The largest absolute Gasteiger partial charge is 0.354 e. The van der Waals surface area contributed by atoms with Gasteiger partial charge in [0, 0.05) is 19.4 Å². The molecule has 7 nitrogen and oxygen atoms in total. The van der Waals surface area contributed by atoms with Crippen molar-refractivity contribution in [3.8, 4) is 11.5 Å². The Kier molecular flexibility index (Phi) is 3.55. The highest BCUT2D eigenvalue weighted by molar-refractivity contribution is 5.54. The fourth-order valence-electron chi connectivity index (χ4n) is 1.89. The second-order valence-corrected chi connectivity index (χ2v) is 4.61. The molecule has 3 aromatic heterocycles. The van der Waals surface area contributed by atoms with E-state index >= 15 is 0 Å². The van der Waals surface area contributed by atoms with Gasteiger partial charge >= 0.3 is 0 Å². The minimum atomic E-state index is 0.477. The van der Waals surface area contributed by atoms with E-state index in [0.29, 0.717) is 18.3 Å². The maximum atomic E-state index is 5.11. The zero-order valence-corrected chi connectivity index (χ0v) is 11.8. The molecule has 0 N–H and O–H groups in total. The van der Waals surface area contributed by atoms with Gasteiger partial charge in [-0.2, -0.15) is 4.98 Å². The van der Waals surface area contributed by atoms with Gasteiger partial charge in [0.25, 0.3) is 5.89 Å². The van der Waals surface area contributed by atoms with E-state index in [1.807, 2.05) is 30.1 Å². The number of hydrogen-bond donors (Lipinski definition) is 0. The van der Waals surface area contributed by atoms with Crippen molar-refractivity contribution in [3.63, 3.8) is 0 Å². The zero-order chi connectivity index (χ0) is 14.7. The molecule has 3 heterocycles. The number of anilines is 1. The molecule has 0 bridgehead atoms. The Hall–Kier alpha value is -2.83. The molecule has 3 aromatic rings. The van der Waals surface area contributed by atoms with Gasteiger partial charge in [-0.25, -0.2) is 15.0 Å². The Bertz CT molecular complexity index is 710. The predicted molar refractivity (Wildman–Crippen MR) is 76.4 cm³/mol. The molecule has 0 aromatic carbocycles. The van der Waals surface area contributed by atoms with Crippen molar-refractivity contribution >= 4 is 5.82 Å². The number of aromatic nitrogens is 5. The van der Waals surface area contributed by atoms with Crippen molar-refractivity contribution < 1.29 is 4.52 Å². The number of pyridine rings is 1. The molecule has 0 fully saturated rings. The van der Waals surface area contributed by atoms with Crippen molar-refractivity contribution in [3.05, 3.63) is 48.4 Å². The molecular formula is C14H14N6O. The summed E-state index contributed by atoms with van der Waals surface area (Å²) in [5, 5.41) is 3.77. The van der Waals surface area contributed by atoms with Gasteiger partial charge in [-0.1, -0.05) is 5.16 Å². The number of aryl methyl sites for hydroxylation is 1. The molecule has 7 heteroatoms. The molecule has 0 radical (unpaired) electrons. The van der Waals surface area contributed by atoms with Gasteiger partial charge in [0.05, 0.1) is 17.8 Å². The number of hydrogen-bond acceptors (Lipinski definition) is 7. The van der Waals surface area contributed by atoms with Crippen LogP contribution in [0.3, 0.4) is 0 Å². The van der Waals surface area contributed by atoms with Gasteiger partial charge in [0.2, 0.25) is 0 Å². The molecule has 0 aliphatic heterocycles. The Morgan fingerprint density at radius 1 is 1.19 bits per heavy atom. The van der Waals surface area contributed by atoms with Crippen LogP contribution in [0.1, 0.15) is 11.5 Å². The van der Waals surface area contributed by atoms with E-state index in [-0.39, 0.29) is 0 Å². The molecule has 0 aliphatic rings. The molecule has 0 unspecified atom stereocenters. The summed E-state index contributed by atoms with van der Waals surface area (Å²) in [6.07, 6.45) is 4.99. The summed E-state index contributed by atoms with van der Waals surface area (Å²) < 4.78 is 5.11. The molecule has 106 valence electrons. The molecule has 0 amide bonds. The lowest BCUT2D eigenvalue weighted by atomic mass is 10.2. The van der Waals surface area contributed by atoms with Crippen LogP contribution in [0.25, 0.3) is 11.5 Å². The lowest BCUT2D eigenvalue weighted by Crippen LogP contribution is -2.18. The van der Waals surface area contributed by atoms with Crippen LogP contribution in [0.5, 0.6) is 0 Å². The molecule has 21 heavy (non-hydrogen) atoms. The predicted octanol–water partition coefficient (Wildman–Crippen LogP) is 1.87. The van der Waals surface area contributed by atoms with Gasteiger partial charge in [0.1, 0.15) is 12.1 Å². The first kappa shape index (κ1) is 13.2. The maximum absolute atomic E-state index is 5.11. The van der Waals surface area contributed by atoms with E-state index in [4.69, 9.17) is 4.52 Å². The highest BCUT2D eigenvalue weighted by Crippen LogP contribution is 2.19. The number of rotatable bonds is 4. The summed E-state index contributed by atoms with van der Waals surface area (Å²) in [7, 11) is 1.96. The van der Waals surface area contributed by atoms with E-state index in [9.17, 15) is 0 Å². The quantitative estimate of drug-likeness (QED) is 0.722. The zero-order valence-electron chi connectivity index (χ0n) is 11.8. The molecule has 0 spiro atoms. The van der Waals surface area contributed by atoms with Crippen molar-refractivity contribution in [1.29, 1.82) is 0 Å². The van der Waals surface area contributed by atoms with Crippen LogP contribution in [0.15, 0.2) is 41.4 Å². The van der Waals surface area contributed by atoms with Gasteiger partial charge in [-0.05, 0) is 25.1 Å². The maximum Gasteiger partial charge on any atom is 0.259 e. The van der Waals surface area contributed by atoms with Gasteiger partial charge < -0.3 is 9.42 Å². The van der Waals surface area contributed by atoms with Crippen molar-refractivity contribution in [1.82, 2.24) is 25.1 Å². The third-order valence-electron chi connectivity index (χ3n) is 2.96. The molecule has 0 saturated carbocycles. The van der Waals surface area contributed by atoms with Crippen molar-refractivity contribution in [2.45, 2.75) is 13.5 Å². The van der Waals surface area contributed by atoms with E-state index in [0.717, 1.165) is 17.1 Å². The minimum absolute atomic E-state index is 0.477. The van der Waals surface area contributed by atoms with E-state index in [2.05, 4.69) is 25.1 Å². The lowest BCUT2D eigenvalue weighted by Gasteiger charge is -2.17. The first-order valence-corrected chi connectivity index (χ1v) is 6.45. The summed E-state index contributed by atoms with van der Waals surface area (Å²) in [4.78, 5) is 18.7. The minimum Gasteiger partial charge on any atom is -0.354 e. The highest BCUT2D eigenvalue weighted by Gasteiger charge is 2.09. The molecular weight excluding hydrogens is 268 g/mol. The second-order valence-electron chi connectivity index (χ2n) is 4.61. The van der Waals surface area contributed by atoms with Crippen LogP contribution in [-0.4, -0.2) is 32.1 Å². The Labute approximate surface area is 121 Å². The number of nitrogens with zero attached hydrogens (tertiary/aromatic N) is 6. The average Bonchev–Trinajstić information content (AvgIpc) is 2.95. The van der Waals surface area contributed by atoms with Crippen LogP contribution in [0.2, 0.25) is 0 Å². The van der Waals surface area contributed by atoms with Crippen LogP contribution in [0, 0.1) is 6.92 Å². The van der Waals surface area contributed by atoms with Gasteiger partial charge in [-0.3, -0.25) is 0 Å². The average molecular weight is 282 g/mol. The Morgan fingerprint density at radius 2 is 2.10 bits per heavy atom. The van der Waals surface area contributed by atoms with E-state index < -0.39 is 0 Å². The summed E-state index contributed by atoms with van der Waals surface area (Å²) in [5.74, 6) is 1.92. The molecule has 0 aliphatic carbocycles. The Balaban J connectivity index is 1.74. The Morgan fingerprint density at radius 3 is 2.71 bits per heavy atom. The van der Waals surface area contributed by atoms with Crippen LogP contribution >= 0.6 is 0 Å². The van der Waals surface area contributed by atoms with Gasteiger partial charge in [-0.15, -0.1) is 0 Å². The summed E-state index contributed by atoms with van der Waals surface area (Å²) >= 11 is 0. The van der Waals surface area contributed by atoms with Crippen LogP contribution < -0.4 is 4.90 Å². The fraction of sp³-hybridized carbons (Fsp3) is 0.214. The van der Waals surface area contributed by atoms with Gasteiger partial charge in [0.15, 0.2) is 5.82 Å². The van der Waals surface area contributed by atoms with E-state index in [1.165, 1.54) is 6.33 Å². The summed E-state index contributed by atoms with van der Waals surface area (Å²) in [6.45, 7) is 2.44. The topological polar surface area (TPSA) is 80.8 Å². The molecule has 0 saturated heterocycles. The first-order valence-electron chi connectivity index (χ1n) is 6.45. The van der Waals surface area contributed by atoms with Crippen molar-refractivity contribution in [2.75, 3.05) is 11.9 Å². The normalized spacial score (nSPS) is 10.6. The third-order valence-corrected chi connectivity index (χ3v) is 2.96. The second kappa shape index (κ2) is 5.66. The summed E-state index contributed by atoms with van der Waals surface area (Å²) in [6, 6.07) is 5.70. The van der Waals surface area contributed by atoms with Crippen LogP contribution in [-0.2, 0) is 6.54 Å². The summed E-state index contributed by atoms with van der Waals surface area (Å²) in [5.41, 5.74) is 1.74. The third kappa shape index (κ3) is 3.02. The smallest absolute Gasteiger partial charge is 0.259 e. The molecule has 0 atom stereocenters. The van der Waals surface area contributed by atoms with Crippen molar-refractivity contribution in [2.24, 2.45) is 0 Å². The highest BCUT2D eigenvalue weighted by atomic mass is 16.5.